The second kappa shape index (κ2) is 7.62. The van der Waals surface area contributed by atoms with Gasteiger partial charge in [0.2, 0.25) is 0 Å². The van der Waals surface area contributed by atoms with Crippen molar-refractivity contribution in [3.8, 4) is 0 Å². The molecule has 0 atom stereocenters. The summed E-state index contributed by atoms with van der Waals surface area (Å²) in [6.07, 6.45) is 6.66. The number of carbonyl (C=O) groups is 1. The molecule has 0 unspecified atom stereocenters. The molecule has 0 saturated heterocycles. The largest absolute Gasteiger partial charge is 0.466 e. The lowest BCUT2D eigenvalue weighted by Crippen LogP contribution is -2.25. The van der Waals surface area contributed by atoms with Crippen LogP contribution >= 0.6 is 11.3 Å². The summed E-state index contributed by atoms with van der Waals surface area (Å²) in [7, 11) is 0. The van der Waals surface area contributed by atoms with Crippen molar-refractivity contribution in [1.29, 1.82) is 0 Å². The Labute approximate surface area is 124 Å². The topological polar surface area (TPSA) is 51.2 Å². The maximum absolute atomic E-state index is 11.4. The zero-order valence-electron chi connectivity index (χ0n) is 12.4. The van der Waals surface area contributed by atoms with Crippen molar-refractivity contribution < 1.29 is 9.53 Å². The van der Waals surface area contributed by atoms with Crippen LogP contribution in [0, 0.1) is 5.92 Å². The zero-order valence-corrected chi connectivity index (χ0v) is 13.2. The number of aromatic nitrogens is 1. The summed E-state index contributed by atoms with van der Waals surface area (Å²) in [5.41, 5.74) is 0.804. The Morgan fingerprint density at radius 1 is 1.40 bits per heavy atom. The standard InChI is InChI=1S/C15H24N2O2S/c1-3-11-5-7-12(8-6-11)16-15-17-13(10-20-15)9-14(18)19-4-2/h10-12H,3-9H2,1-2H3,(H,16,17). The van der Waals surface area contributed by atoms with Gasteiger partial charge in [-0.3, -0.25) is 4.79 Å². The molecule has 1 aromatic rings. The van der Waals surface area contributed by atoms with Gasteiger partial charge in [-0.05, 0) is 38.5 Å². The third-order valence-corrected chi connectivity index (χ3v) is 4.76. The average molecular weight is 296 g/mol. The number of thiazole rings is 1. The molecule has 20 heavy (non-hydrogen) atoms. The van der Waals surface area contributed by atoms with E-state index in [-0.39, 0.29) is 12.4 Å². The molecule has 0 spiro atoms. The molecule has 1 fully saturated rings. The monoisotopic (exact) mass is 296 g/mol. The van der Waals surface area contributed by atoms with Gasteiger partial charge in [-0.15, -0.1) is 11.3 Å². The van der Waals surface area contributed by atoms with Crippen LogP contribution < -0.4 is 5.32 Å². The number of rotatable bonds is 6. The van der Waals surface area contributed by atoms with Crippen LogP contribution in [0.2, 0.25) is 0 Å². The van der Waals surface area contributed by atoms with Crippen LogP contribution in [0.3, 0.4) is 0 Å². The normalized spacial score (nSPS) is 22.5. The molecule has 1 aliphatic carbocycles. The van der Waals surface area contributed by atoms with Crippen LogP contribution in [0.1, 0.15) is 51.6 Å². The fourth-order valence-corrected chi connectivity index (χ4v) is 3.49. The first-order valence-corrected chi connectivity index (χ1v) is 8.45. The van der Waals surface area contributed by atoms with Gasteiger partial charge >= 0.3 is 5.97 Å². The Hall–Kier alpha value is -1.10. The molecule has 2 rings (SSSR count). The van der Waals surface area contributed by atoms with Crippen molar-refractivity contribution in [1.82, 2.24) is 4.98 Å². The summed E-state index contributed by atoms with van der Waals surface area (Å²) in [4.78, 5) is 15.9. The van der Waals surface area contributed by atoms with Gasteiger partial charge in [-0.25, -0.2) is 4.98 Å². The Morgan fingerprint density at radius 2 is 2.15 bits per heavy atom. The van der Waals surface area contributed by atoms with E-state index < -0.39 is 0 Å². The predicted octanol–water partition coefficient (Wildman–Crippen LogP) is 3.63. The lowest BCUT2D eigenvalue weighted by atomic mass is 9.85. The van der Waals surface area contributed by atoms with Crippen molar-refractivity contribution in [3.05, 3.63) is 11.1 Å². The first-order valence-electron chi connectivity index (χ1n) is 7.57. The van der Waals surface area contributed by atoms with Crippen LogP contribution in [-0.4, -0.2) is 23.6 Å². The van der Waals surface area contributed by atoms with Crippen molar-refractivity contribution in [2.24, 2.45) is 5.92 Å². The van der Waals surface area contributed by atoms with E-state index in [0.29, 0.717) is 12.6 Å². The average Bonchev–Trinajstić information content (AvgIpc) is 2.87. The Balaban J connectivity index is 1.79. The summed E-state index contributed by atoms with van der Waals surface area (Å²) in [6, 6.07) is 0.541. The smallest absolute Gasteiger partial charge is 0.311 e. The van der Waals surface area contributed by atoms with E-state index >= 15 is 0 Å². The number of ether oxygens (including phenoxy) is 1. The highest BCUT2D eigenvalue weighted by Crippen LogP contribution is 2.29. The highest BCUT2D eigenvalue weighted by atomic mass is 32.1. The van der Waals surface area contributed by atoms with E-state index in [9.17, 15) is 4.79 Å². The third kappa shape index (κ3) is 4.47. The molecule has 112 valence electrons. The van der Waals surface area contributed by atoms with Gasteiger partial charge in [0.25, 0.3) is 0 Å². The van der Waals surface area contributed by atoms with Crippen molar-refractivity contribution in [2.45, 2.75) is 58.4 Å². The Kier molecular flexibility index (Phi) is 5.83. The highest BCUT2D eigenvalue weighted by Gasteiger charge is 2.20. The van der Waals surface area contributed by atoms with Crippen molar-refractivity contribution in [3.63, 3.8) is 0 Å². The molecule has 1 heterocycles. The van der Waals surface area contributed by atoms with Gasteiger partial charge in [-0.1, -0.05) is 13.3 Å². The number of nitrogens with zero attached hydrogens (tertiary/aromatic N) is 1. The van der Waals surface area contributed by atoms with E-state index in [0.717, 1.165) is 16.7 Å². The quantitative estimate of drug-likeness (QED) is 0.814. The van der Waals surface area contributed by atoms with Crippen LogP contribution in [0.5, 0.6) is 0 Å². The summed E-state index contributed by atoms with van der Waals surface area (Å²) < 4.78 is 4.93. The van der Waals surface area contributed by atoms with Crippen LogP contribution in [0.4, 0.5) is 5.13 Å². The van der Waals surface area contributed by atoms with Gasteiger partial charge in [0, 0.05) is 11.4 Å². The maximum atomic E-state index is 11.4. The zero-order chi connectivity index (χ0) is 14.4. The van der Waals surface area contributed by atoms with Gasteiger partial charge in [0.1, 0.15) is 0 Å². The maximum Gasteiger partial charge on any atom is 0.311 e. The van der Waals surface area contributed by atoms with E-state index in [1.807, 2.05) is 12.3 Å². The molecular formula is C15H24N2O2S. The second-order valence-electron chi connectivity index (χ2n) is 5.40. The SMILES string of the molecule is CCOC(=O)Cc1csc(NC2CCC(CC)CC2)n1. The van der Waals surface area contributed by atoms with E-state index in [2.05, 4.69) is 17.2 Å². The molecule has 1 saturated carbocycles. The molecule has 1 aliphatic rings. The first-order chi connectivity index (χ1) is 9.71. The van der Waals surface area contributed by atoms with Crippen molar-refractivity contribution >= 4 is 22.4 Å². The minimum atomic E-state index is -0.201. The lowest BCUT2D eigenvalue weighted by molar-refractivity contribution is -0.142. The number of hydrogen-bond donors (Lipinski definition) is 1. The predicted molar refractivity (Wildman–Crippen MR) is 82.1 cm³/mol. The molecule has 5 heteroatoms. The fraction of sp³-hybridized carbons (Fsp3) is 0.733. The second-order valence-corrected chi connectivity index (χ2v) is 6.25. The van der Waals surface area contributed by atoms with E-state index in [1.165, 1.54) is 32.1 Å². The van der Waals surface area contributed by atoms with E-state index in [1.54, 1.807) is 11.3 Å². The third-order valence-electron chi connectivity index (χ3n) is 3.93. The molecule has 0 aromatic carbocycles. The molecule has 0 bridgehead atoms. The van der Waals surface area contributed by atoms with Gasteiger partial charge < -0.3 is 10.1 Å². The summed E-state index contributed by atoms with van der Waals surface area (Å²) in [5.74, 6) is 0.705. The first kappa shape index (κ1) is 15.3. The molecule has 1 aromatic heterocycles. The lowest BCUT2D eigenvalue weighted by Gasteiger charge is -2.28. The number of hydrogen-bond acceptors (Lipinski definition) is 5. The molecular weight excluding hydrogens is 272 g/mol. The van der Waals surface area contributed by atoms with Crippen LogP contribution in [-0.2, 0) is 16.0 Å². The Bertz CT molecular complexity index is 425. The summed E-state index contributed by atoms with van der Waals surface area (Å²) in [6.45, 7) is 4.52. The van der Waals surface area contributed by atoms with Crippen LogP contribution in [0.25, 0.3) is 0 Å². The summed E-state index contributed by atoms with van der Waals surface area (Å²) >= 11 is 1.58. The Morgan fingerprint density at radius 3 is 2.80 bits per heavy atom. The fourth-order valence-electron chi connectivity index (χ4n) is 2.70. The molecule has 0 radical (unpaired) electrons. The van der Waals surface area contributed by atoms with E-state index in [4.69, 9.17) is 4.74 Å². The minimum Gasteiger partial charge on any atom is -0.466 e. The number of nitrogens with one attached hydrogen (secondary N) is 1. The minimum absolute atomic E-state index is 0.201. The van der Waals surface area contributed by atoms with Gasteiger partial charge in [0.15, 0.2) is 5.13 Å². The highest BCUT2D eigenvalue weighted by molar-refractivity contribution is 7.13. The summed E-state index contributed by atoms with van der Waals surface area (Å²) in [5, 5.41) is 6.38. The number of anilines is 1. The number of carbonyl (C=O) groups excluding carboxylic acids is 1. The molecule has 4 nitrogen and oxygen atoms in total. The van der Waals surface area contributed by atoms with Gasteiger partial charge in [-0.2, -0.15) is 0 Å². The van der Waals surface area contributed by atoms with Crippen molar-refractivity contribution in [2.75, 3.05) is 11.9 Å². The van der Waals surface area contributed by atoms with Crippen LogP contribution in [0.15, 0.2) is 5.38 Å². The molecule has 1 N–H and O–H groups in total. The van der Waals surface area contributed by atoms with Gasteiger partial charge in [0.05, 0.1) is 18.7 Å². The number of esters is 1. The molecule has 0 aliphatic heterocycles. The molecule has 0 amide bonds.